The molecule has 0 bridgehead atoms. The summed E-state index contributed by atoms with van der Waals surface area (Å²) in [7, 11) is 0. The Balaban J connectivity index is 2.30. The average molecular weight is 236 g/mol. The molecule has 0 saturated heterocycles. The average Bonchev–Trinajstić information content (AvgIpc) is 3.10. The summed E-state index contributed by atoms with van der Waals surface area (Å²) in [6.45, 7) is 2.33. The smallest absolute Gasteiger partial charge is 0.274 e. The van der Waals surface area contributed by atoms with Crippen molar-refractivity contribution in [2.75, 3.05) is 18.1 Å². The van der Waals surface area contributed by atoms with Gasteiger partial charge in [0.2, 0.25) is 0 Å². The molecule has 5 nitrogen and oxygen atoms in total. The predicted molar refractivity (Wildman–Crippen MR) is 65.3 cm³/mol. The molecule has 1 fully saturated rings. The number of hydrogen-bond donors (Lipinski definition) is 1. The lowest BCUT2D eigenvalue weighted by Gasteiger charge is -2.23. The molecule has 0 atom stereocenters. The number of anilines is 1. The maximum absolute atomic E-state index is 10.9. The summed E-state index contributed by atoms with van der Waals surface area (Å²) >= 11 is 0. The van der Waals surface area contributed by atoms with Crippen molar-refractivity contribution in [2.45, 2.75) is 25.8 Å². The van der Waals surface area contributed by atoms with Crippen LogP contribution in [0.25, 0.3) is 0 Å². The normalized spacial score (nSPS) is 14.7. The number of hydrogen-bond acceptors (Lipinski definition) is 4. The summed E-state index contributed by atoms with van der Waals surface area (Å²) in [5, 5.41) is 19.9. The number of aliphatic hydroxyl groups excluding tert-OH is 1. The van der Waals surface area contributed by atoms with Crippen LogP contribution in [0.4, 0.5) is 11.4 Å². The van der Waals surface area contributed by atoms with Crippen molar-refractivity contribution in [1.82, 2.24) is 0 Å². The molecule has 0 amide bonds. The Hall–Kier alpha value is -1.62. The third kappa shape index (κ3) is 2.55. The topological polar surface area (TPSA) is 66.6 Å². The van der Waals surface area contributed by atoms with E-state index in [0.29, 0.717) is 18.2 Å². The van der Waals surface area contributed by atoms with E-state index in [1.807, 2.05) is 11.0 Å². The van der Waals surface area contributed by atoms with Gasteiger partial charge in [-0.1, -0.05) is 6.07 Å². The van der Waals surface area contributed by atoms with Crippen LogP contribution in [0.15, 0.2) is 18.2 Å². The van der Waals surface area contributed by atoms with Crippen molar-refractivity contribution in [3.63, 3.8) is 0 Å². The number of nitro groups is 1. The fourth-order valence-corrected chi connectivity index (χ4v) is 1.99. The van der Waals surface area contributed by atoms with Gasteiger partial charge in [0, 0.05) is 29.9 Å². The first-order valence-corrected chi connectivity index (χ1v) is 5.76. The first-order valence-electron chi connectivity index (χ1n) is 5.76. The highest BCUT2D eigenvalue weighted by molar-refractivity contribution is 5.57. The summed E-state index contributed by atoms with van der Waals surface area (Å²) in [5.41, 5.74) is 1.64. The Morgan fingerprint density at radius 2 is 2.24 bits per heavy atom. The van der Waals surface area contributed by atoms with Gasteiger partial charge < -0.3 is 10.0 Å². The minimum Gasteiger partial charge on any atom is -0.395 e. The molecule has 1 aliphatic carbocycles. The predicted octanol–water partition coefficient (Wildman–Crippen LogP) is 1.86. The van der Waals surface area contributed by atoms with Crippen LogP contribution in [0, 0.1) is 17.0 Å². The van der Waals surface area contributed by atoms with Gasteiger partial charge in [-0.15, -0.1) is 0 Å². The highest BCUT2D eigenvalue weighted by atomic mass is 16.6. The van der Waals surface area contributed by atoms with Gasteiger partial charge in [0.15, 0.2) is 0 Å². The molecule has 0 aromatic heterocycles. The quantitative estimate of drug-likeness (QED) is 0.626. The van der Waals surface area contributed by atoms with E-state index in [2.05, 4.69) is 0 Å². The van der Waals surface area contributed by atoms with Crippen LogP contribution in [0.3, 0.4) is 0 Å². The zero-order valence-electron chi connectivity index (χ0n) is 9.80. The van der Waals surface area contributed by atoms with E-state index in [4.69, 9.17) is 5.11 Å². The van der Waals surface area contributed by atoms with E-state index >= 15 is 0 Å². The van der Waals surface area contributed by atoms with Crippen LogP contribution in [-0.2, 0) is 0 Å². The molecule has 2 rings (SSSR count). The van der Waals surface area contributed by atoms with E-state index in [0.717, 1.165) is 18.5 Å². The van der Waals surface area contributed by atoms with Crippen molar-refractivity contribution in [1.29, 1.82) is 0 Å². The van der Waals surface area contributed by atoms with Gasteiger partial charge in [0.05, 0.1) is 11.5 Å². The lowest BCUT2D eigenvalue weighted by molar-refractivity contribution is -0.385. The number of aliphatic hydroxyl groups is 1. The molecule has 0 spiro atoms. The lowest BCUT2D eigenvalue weighted by Crippen LogP contribution is -2.28. The Morgan fingerprint density at radius 1 is 1.53 bits per heavy atom. The van der Waals surface area contributed by atoms with Gasteiger partial charge in [-0.2, -0.15) is 0 Å². The zero-order valence-corrected chi connectivity index (χ0v) is 9.80. The third-order valence-corrected chi connectivity index (χ3v) is 3.05. The second-order valence-corrected chi connectivity index (χ2v) is 4.38. The molecule has 5 heteroatoms. The van der Waals surface area contributed by atoms with Crippen LogP contribution in [0.2, 0.25) is 0 Å². The van der Waals surface area contributed by atoms with E-state index in [1.165, 1.54) is 0 Å². The molecule has 1 aromatic rings. The fraction of sp³-hybridized carbons (Fsp3) is 0.500. The largest absolute Gasteiger partial charge is 0.395 e. The molecule has 17 heavy (non-hydrogen) atoms. The number of nitro benzene ring substituents is 1. The lowest BCUT2D eigenvalue weighted by atomic mass is 10.1. The molecule has 0 heterocycles. The molecule has 92 valence electrons. The second kappa shape index (κ2) is 4.71. The Bertz CT molecular complexity index is 430. The minimum absolute atomic E-state index is 0.0676. The number of benzene rings is 1. The zero-order chi connectivity index (χ0) is 12.4. The van der Waals surface area contributed by atoms with Gasteiger partial charge in [0.25, 0.3) is 5.69 Å². The van der Waals surface area contributed by atoms with Crippen LogP contribution in [0.5, 0.6) is 0 Å². The van der Waals surface area contributed by atoms with Gasteiger partial charge in [0.1, 0.15) is 0 Å². The number of nitrogens with zero attached hydrogens (tertiary/aromatic N) is 2. The maximum Gasteiger partial charge on any atom is 0.274 e. The maximum atomic E-state index is 10.9. The van der Waals surface area contributed by atoms with Gasteiger partial charge >= 0.3 is 0 Å². The highest BCUT2D eigenvalue weighted by Gasteiger charge is 2.29. The molecular weight excluding hydrogens is 220 g/mol. The molecule has 1 N–H and O–H groups in total. The van der Waals surface area contributed by atoms with E-state index in [9.17, 15) is 10.1 Å². The van der Waals surface area contributed by atoms with Gasteiger partial charge in [-0.25, -0.2) is 0 Å². The number of rotatable bonds is 5. The van der Waals surface area contributed by atoms with Crippen LogP contribution in [0.1, 0.15) is 18.4 Å². The Kier molecular flexibility index (Phi) is 3.28. The molecule has 1 aromatic carbocycles. The molecule has 1 saturated carbocycles. The first kappa shape index (κ1) is 11.9. The minimum atomic E-state index is -0.358. The summed E-state index contributed by atoms with van der Waals surface area (Å²) in [4.78, 5) is 12.6. The monoisotopic (exact) mass is 236 g/mol. The van der Waals surface area contributed by atoms with E-state index in [1.54, 1.807) is 19.1 Å². The third-order valence-electron chi connectivity index (χ3n) is 3.05. The Morgan fingerprint density at radius 3 is 2.76 bits per heavy atom. The second-order valence-electron chi connectivity index (χ2n) is 4.38. The number of aryl methyl sites for hydroxylation is 1. The van der Waals surface area contributed by atoms with Crippen molar-refractivity contribution >= 4 is 11.4 Å². The van der Waals surface area contributed by atoms with Crippen LogP contribution in [-0.4, -0.2) is 29.2 Å². The summed E-state index contributed by atoms with van der Waals surface area (Å²) in [6.07, 6.45) is 2.20. The highest BCUT2D eigenvalue weighted by Crippen LogP contribution is 2.33. The summed E-state index contributed by atoms with van der Waals surface area (Å²) in [6, 6.07) is 5.68. The summed E-state index contributed by atoms with van der Waals surface area (Å²) in [5.74, 6) is 0. The van der Waals surface area contributed by atoms with Crippen molar-refractivity contribution < 1.29 is 10.0 Å². The van der Waals surface area contributed by atoms with Crippen LogP contribution >= 0.6 is 0 Å². The molecule has 0 aliphatic heterocycles. The molecule has 0 unspecified atom stereocenters. The molecule has 1 aliphatic rings. The molecule has 0 radical (unpaired) electrons. The summed E-state index contributed by atoms with van der Waals surface area (Å²) < 4.78 is 0. The van der Waals surface area contributed by atoms with Crippen molar-refractivity contribution in [3.8, 4) is 0 Å². The van der Waals surface area contributed by atoms with Crippen molar-refractivity contribution in [3.05, 3.63) is 33.9 Å². The van der Waals surface area contributed by atoms with Gasteiger partial charge in [-0.3, -0.25) is 10.1 Å². The van der Waals surface area contributed by atoms with Crippen molar-refractivity contribution in [2.24, 2.45) is 0 Å². The standard InChI is InChI=1S/C12H16N2O3/c1-9-2-3-11(8-12(9)14(16)17)13(6-7-15)10-4-5-10/h2-3,8,10,15H,4-7H2,1H3. The Labute approximate surface area is 99.8 Å². The molecular formula is C12H16N2O3. The van der Waals surface area contributed by atoms with Crippen LogP contribution < -0.4 is 4.90 Å². The van der Waals surface area contributed by atoms with Gasteiger partial charge in [-0.05, 0) is 25.8 Å². The SMILES string of the molecule is Cc1ccc(N(CCO)C2CC2)cc1[N+](=O)[O-]. The first-order chi connectivity index (χ1) is 8.13. The fourth-order valence-electron chi connectivity index (χ4n) is 1.99. The van der Waals surface area contributed by atoms with E-state index in [-0.39, 0.29) is 17.2 Å². The van der Waals surface area contributed by atoms with E-state index < -0.39 is 0 Å².